The van der Waals surface area contributed by atoms with Gasteiger partial charge in [0.1, 0.15) is 5.75 Å². The van der Waals surface area contributed by atoms with E-state index in [1.54, 1.807) is 0 Å². The number of urea groups is 1. The normalized spacial score (nSPS) is 11.9. The smallest absolute Gasteiger partial charge is 0.332 e. The Morgan fingerprint density at radius 2 is 1.88 bits per heavy atom. The topological polar surface area (TPSA) is 122 Å². The van der Waals surface area contributed by atoms with E-state index in [0.29, 0.717) is 0 Å². The Bertz CT molecular complexity index is 756. The molecule has 7 nitrogen and oxygen atoms in total. The summed E-state index contributed by atoms with van der Waals surface area (Å²) >= 11 is 0. The minimum atomic E-state index is -0.975. The molecule has 0 aliphatic heterocycles. The quantitative estimate of drug-likeness (QED) is 0.525. The average Bonchev–Trinajstić information content (AvgIpc) is 2.49. The third-order valence-corrected chi connectivity index (χ3v) is 2.20. The maximum Gasteiger partial charge on any atom is 0.332 e. The van der Waals surface area contributed by atoms with Crippen molar-refractivity contribution in [1.82, 2.24) is 5.43 Å². The summed E-state index contributed by atoms with van der Waals surface area (Å²) in [5, 5.41) is 12.3. The number of rotatable bonds is 1. The van der Waals surface area contributed by atoms with Gasteiger partial charge in [0, 0.05) is 10.8 Å². The predicted octanol–water partition coefficient (Wildman–Crippen LogP) is -1.37. The van der Waals surface area contributed by atoms with Crippen molar-refractivity contribution in [1.29, 1.82) is 0 Å². The molecule has 2 aromatic carbocycles. The SMILES string of the molecule is NC(=O)NN=c1c(=O)c2ccc(O)cc2c1=O. The highest BCUT2D eigenvalue weighted by atomic mass is 16.3. The summed E-state index contributed by atoms with van der Waals surface area (Å²) in [4.78, 5) is 33.9. The second-order valence-corrected chi connectivity index (χ2v) is 3.32. The maximum absolute atomic E-state index is 11.7. The van der Waals surface area contributed by atoms with Crippen LogP contribution in [-0.4, -0.2) is 11.1 Å². The highest BCUT2D eigenvalue weighted by Gasteiger charge is 2.11. The lowest BCUT2D eigenvalue weighted by Crippen LogP contribution is -2.37. The summed E-state index contributed by atoms with van der Waals surface area (Å²) in [5.74, 6) is -0.131. The number of phenols is 1. The lowest BCUT2D eigenvalue weighted by molar-refractivity contribution is 0.249. The van der Waals surface area contributed by atoms with Crippen molar-refractivity contribution < 1.29 is 9.90 Å². The second-order valence-electron chi connectivity index (χ2n) is 3.32. The van der Waals surface area contributed by atoms with E-state index in [0.717, 1.165) is 0 Å². The van der Waals surface area contributed by atoms with E-state index in [9.17, 15) is 19.5 Å². The number of nitrogens with zero attached hydrogens (tertiary/aromatic N) is 1. The van der Waals surface area contributed by atoms with Crippen LogP contribution in [0.5, 0.6) is 5.75 Å². The largest absolute Gasteiger partial charge is 0.508 e. The van der Waals surface area contributed by atoms with Crippen LogP contribution in [0.3, 0.4) is 0 Å². The van der Waals surface area contributed by atoms with Gasteiger partial charge in [-0.2, -0.15) is 5.10 Å². The summed E-state index contributed by atoms with van der Waals surface area (Å²) in [7, 11) is 0. The molecule has 0 saturated carbocycles. The van der Waals surface area contributed by atoms with Crippen molar-refractivity contribution in [2.45, 2.75) is 0 Å². The number of fused-ring (bicyclic) bond motifs is 1. The fraction of sp³-hybridized carbons (Fsp3) is 0. The van der Waals surface area contributed by atoms with Crippen LogP contribution in [0, 0.1) is 0 Å². The maximum atomic E-state index is 11.7. The zero-order chi connectivity index (χ0) is 12.6. The molecule has 7 heteroatoms. The molecule has 0 spiro atoms. The van der Waals surface area contributed by atoms with Gasteiger partial charge >= 0.3 is 6.03 Å². The number of nitrogens with two attached hydrogens (primary N) is 1. The van der Waals surface area contributed by atoms with E-state index >= 15 is 0 Å². The molecule has 0 radical (unpaired) electrons. The van der Waals surface area contributed by atoms with Crippen LogP contribution in [0.15, 0.2) is 32.9 Å². The lowest BCUT2D eigenvalue weighted by atomic mass is 10.2. The number of primary amides is 1. The molecular formula is C10H7N3O4. The van der Waals surface area contributed by atoms with Gasteiger partial charge in [-0.05, 0) is 18.2 Å². The van der Waals surface area contributed by atoms with Crippen molar-refractivity contribution >= 4 is 16.8 Å². The first-order valence-electron chi connectivity index (χ1n) is 4.56. The zero-order valence-corrected chi connectivity index (χ0v) is 8.43. The molecule has 4 N–H and O–H groups in total. The number of phenolic OH excluding ortho intramolecular Hbond substituents is 1. The molecule has 86 valence electrons. The molecule has 0 heterocycles. The number of aromatic hydroxyl groups is 1. The van der Waals surface area contributed by atoms with Gasteiger partial charge in [-0.3, -0.25) is 9.59 Å². The predicted molar refractivity (Wildman–Crippen MR) is 58.8 cm³/mol. The first kappa shape index (κ1) is 10.8. The van der Waals surface area contributed by atoms with E-state index in [2.05, 4.69) is 5.10 Å². The van der Waals surface area contributed by atoms with Crippen LogP contribution in [0.2, 0.25) is 0 Å². The van der Waals surface area contributed by atoms with Crippen LogP contribution < -0.4 is 27.4 Å². The third kappa shape index (κ3) is 1.73. The number of hydrogen-bond donors (Lipinski definition) is 3. The van der Waals surface area contributed by atoms with E-state index in [4.69, 9.17) is 5.73 Å². The molecule has 0 atom stereocenters. The summed E-state index contributed by atoms with van der Waals surface area (Å²) in [6, 6.07) is 2.80. The Morgan fingerprint density at radius 3 is 2.53 bits per heavy atom. The minimum Gasteiger partial charge on any atom is -0.508 e. The molecule has 2 aromatic rings. The van der Waals surface area contributed by atoms with Gasteiger partial charge in [0.25, 0.3) is 0 Å². The number of hydrogen-bond acceptors (Lipinski definition) is 5. The van der Waals surface area contributed by atoms with Gasteiger partial charge in [-0.1, -0.05) is 0 Å². The van der Waals surface area contributed by atoms with Crippen molar-refractivity contribution in [2.24, 2.45) is 10.8 Å². The Balaban J connectivity index is 2.83. The van der Waals surface area contributed by atoms with Crippen molar-refractivity contribution in [3.05, 3.63) is 44.0 Å². The molecule has 2 rings (SSSR count). The molecule has 0 saturated heterocycles. The van der Waals surface area contributed by atoms with E-state index in [1.807, 2.05) is 5.43 Å². The third-order valence-electron chi connectivity index (χ3n) is 2.20. The van der Waals surface area contributed by atoms with Crippen LogP contribution in [-0.2, 0) is 0 Å². The molecule has 0 fully saturated rings. The Morgan fingerprint density at radius 1 is 1.24 bits per heavy atom. The second kappa shape index (κ2) is 3.71. The lowest BCUT2D eigenvalue weighted by Gasteiger charge is -1.88. The van der Waals surface area contributed by atoms with Crippen molar-refractivity contribution in [2.75, 3.05) is 0 Å². The Hall–Kier alpha value is -2.70. The van der Waals surface area contributed by atoms with Gasteiger partial charge in [-0.15, -0.1) is 0 Å². The van der Waals surface area contributed by atoms with E-state index < -0.39 is 22.2 Å². The van der Waals surface area contributed by atoms with Crippen LogP contribution in [0.4, 0.5) is 4.79 Å². The summed E-state index contributed by atoms with van der Waals surface area (Å²) in [6.45, 7) is 0. The highest BCUT2D eigenvalue weighted by Crippen LogP contribution is 2.12. The summed E-state index contributed by atoms with van der Waals surface area (Å²) < 4.78 is 0. The standard InChI is InChI=1S/C10H7N3O4/c11-10(17)13-12-7-8(15)5-2-1-4(14)3-6(5)9(7)16/h1-3,14H,(H3,11,13,17). The highest BCUT2D eigenvalue weighted by molar-refractivity contribution is 5.84. The number of amides is 2. The molecule has 0 aliphatic rings. The van der Waals surface area contributed by atoms with E-state index in [-0.39, 0.29) is 16.5 Å². The number of nitrogens with one attached hydrogen (secondary N) is 1. The van der Waals surface area contributed by atoms with Crippen LogP contribution >= 0.6 is 0 Å². The van der Waals surface area contributed by atoms with Gasteiger partial charge < -0.3 is 10.8 Å². The Kier molecular flexibility index (Phi) is 2.36. The van der Waals surface area contributed by atoms with Gasteiger partial charge in [-0.25, -0.2) is 10.2 Å². The fourth-order valence-electron chi connectivity index (χ4n) is 1.49. The summed E-state index contributed by atoms with van der Waals surface area (Å²) in [6.07, 6.45) is 0. The zero-order valence-electron chi connectivity index (χ0n) is 8.43. The number of carbonyl (C=O) groups excluding carboxylic acids is 1. The number of benzene rings is 1. The monoisotopic (exact) mass is 233 g/mol. The minimum absolute atomic E-state index is 0.0556. The molecular weight excluding hydrogens is 226 g/mol. The molecule has 2 amide bonds. The van der Waals surface area contributed by atoms with Crippen LogP contribution in [0.1, 0.15) is 0 Å². The van der Waals surface area contributed by atoms with E-state index in [1.165, 1.54) is 18.2 Å². The first-order chi connectivity index (χ1) is 8.00. The van der Waals surface area contributed by atoms with Gasteiger partial charge in [0.05, 0.1) is 0 Å². The van der Waals surface area contributed by atoms with Crippen LogP contribution in [0.25, 0.3) is 10.8 Å². The van der Waals surface area contributed by atoms with Crippen molar-refractivity contribution in [3.63, 3.8) is 0 Å². The molecule has 0 aromatic heterocycles. The first-order valence-corrected chi connectivity index (χ1v) is 4.56. The van der Waals surface area contributed by atoms with Crippen molar-refractivity contribution in [3.8, 4) is 5.75 Å². The van der Waals surface area contributed by atoms with Gasteiger partial charge in [0.15, 0.2) is 5.36 Å². The molecule has 0 aliphatic carbocycles. The summed E-state index contributed by atoms with van der Waals surface area (Å²) in [5.41, 5.74) is 5.32. The molecule has 17 heavy (non-hydrogen) atoms. The fourth-order valence-corrected chi connectivity index (χ4v) is 1.49. The molecule has 0 unspecified atom stereocenters. The Labute approximate surface area is 93.5 Å². The van der Waals surface area contributed by atoms with Gasteiger partial charge in [0.2, 0.25) is 10.9 Å². The number of carbonyl (C=O) groups is 1. The molecule has 0 bridgehead atoms. The average molecular weight is 233 g/mol.